The number of nitrogens with two attached hydrogens (primary N) is 1. The number of nitrogens with one attached hydrogen (secondary N) is 1. The van der Waals surface area contributed by atoms with Gasteiger partial charge in [0.15, 0.2) is 11.0 Å². The maximum Gasteiger partial charge on any atom is 0.318 e. The van der Waals surface area contributed by atoms with Crippen molar-refractivity contribution >= 4 is 23.7 Å². The van der Waals surface area contributed by atoms with Crippen LogP contribution in [0, 0.1) is 12.8 Å². The Balaban J connectivity index is 2.36. The minimum Gasteiger partial charge on any atom is -0.469 e. The molecule has 134 valence electrons. The van der Waals surface area contributed by atoms with Crippen molar-refractivity contribution in [1.29, 1.82) is 0 Å². The van der Waals surface area contributed by atoms with Gasteiger partial charge in [-0.1, -0.05) is 31.7 Å². The van der Waals surface area contributed by atoms with Gasteiger partial charge in [-0.05, 0) is 18.9 Å². The van der Waals surface area contributed by atoms with Gasteiger partial charge >= 0.3 is 6.03 Å². The Morgan fingerprint density at radius 1 is 1.48 bits per heavy atom. The summed E-state index contributed by atoms with van der Waals surface area (Å²) >= 11 is 1.23. The second-order valence-electron chi connectivity index (χ2n) is 5.73. The minimum atomic E-state index is -0.876. The first-order valence-electron chi connectivity index (χ1n) is 7.70. The zero-order valence-electron chi connectivity index (χ0n) is 14.4. The van der Waals surface area contributed by atoms with E-state index in [9.17, 15) is 9.59 Å². The Kier molecular flexibility index (Phi) is 6.02. The smallest absolute Gasteiger partial charge is 0.318 e. The third-order valence-electron chi connectivity index (χ3n) is 3.47. The Morgan fingerprint density at radius 3 is 2.72 bits per heavy atom. The van der Waals surface area contributed by atoms with Gasteiger partial charge in [0, 0.05) is 6.54 Å². The minimum absolute atomic E-state index is 0.0441. The number of rotatable bonds is 7. The van der Waals surface area contributed by atoms with Gasteiger partial charge in [-0.3, -0.25) is 14.7 Å². The van der Waals surface area contributed by atoms with E-state index in [1.165, 1.54) is 11.8 Å². The summed E-state index contributed by atoms with van der Waals surface area (Å²) in [5.74, 6) is 0.853. The predicted molar refractivity (Wildman–Crippen MR) is 94.9 cm³/mol. The van der Waals surface area contributed by atoms with Crippen LogP contribution in [0.15, 0.2) is 34.6 Å². The van der Waals surface area contributed by atoms with Crippen LogP contribution in [0.1, 0.15) is 19.6 Å². The third kappa shape index (κ3) is 4.30. The fraction of sp³-hybridized carbons (Fsp3) is 0.375. The van der Waals surface area contributed by atoms with E-state index in [0.29, 0.717) is 17.5 Å². The predicted octanol–water partition coefficient (Wildman–Crippen LogP) is 2.34. The molecule has 9 heteroatoms. The number of urea groups is 1. The quantitative estimate of drug-likeness (QED) is 0.576. The van der Waals surface area contributed by atoms with Gasteiger partial charge in [0.05, 0.1) is 17.1 Å². The van der Waals surface area contributed by atoms with Crippen molar-refractivity contribution in [2.45, 2.75) is 37.7 Å². The van der Waals surface area contributed by atoms with Gasteiger partial charge in [-0.25, -0.2) is 4.79 Å². The van der Waals surface area contributed by atoms with Crippen molar-refractivity contribution < 1.29 is 14.0 Å². The molecule has 2 aromatic rings. The first-order chi connectivity index (χ1) is 11.8. The van der Waals surface area contributed by atoms with E-state index >= 15 is 0 Å². The van der Waals surface area contributed by atoms with Crippen LogP contribution in [0.2, 0.25) is 0 Å². The van der Waals surface area contributed by atoms with Crippen molar-refractivity contribution in [3.63, 3.8) is 0 Å². The molecule has 0 bridgehead atoms. The second kappa shape index (κ2) is 8.02. The number of allylic oxidation sites excluding steroid dienone is 1. The molecule has 0 aromatic carbocycles. The standard InChI is InChI=1S/C16H21N5O3S/c1-5-7-21-13(11-6-8-24-10(11)4)19-20-16(21)25-12(9(2)3)14(22)18-15(17)23/h5-6,8-9,12H,1,7H2,2-4H3,(H3,17,18,22,23)/t12-/m0/s1. The van der Waals surface area contributed by atoms with Crippen molar-refractivity contribution in [2.24, 2.45) is 11.7 Å². The molecule has 0 aliphatic heterocycles. The molecular formula is C16H21N5O3S. The molecular weight excluding hydrogens is 342 g/mol. The summed E-state index contributed by atoms with van der Waals surface area (Å²) in [7, 11) is 0. The number of amides is 3. The summed E-state index contributed by atoms with van der Waals surface area (Å²) in [6.45, 7) is 9.84. The number of primary amides is 1. The summed E-state index contributed by atoms with van der Waals surface area (Å²) in [6.07, 6.45) is 3.31. The number of aromatic nitrogens is 3. The van der Waals surface area contributed by atoms with E-state index in [4.69, 9.17) is 10.2 Å². The number of hydrogen-bond donors (Lipinski definition) is 2. The average Bonchev–Trinajstić information content (AvgIpc) is 3.10. The van der Waals surface area contributed by atoms with Crippen LogP contribution in [0.25, 0.3) is 11.4 Å². The summed E-state index contributed by atoms with van der Waals surface area (Å²) < 4.78 is 7.18. The Hall–Kier alpha value is -2.55. The van der Waals surface area contributed by atoms with Gasteiger partial charge in [-0.15, -0.1) is 16.8 Å². The molecule has 0 spiro atoms. The van der Waals surface area contributed by atoms with Crippen LogP contribution in [-0.2, 0) is 11.3 Å². The van der Waals surface area contributed by atoms with Gasteiger partial charge in [0.25, 0.3) is 0 Å². The van der Waals surface area contributed by atoms with E-state index < -0.39 is 17.2 Å². The number of hydrogen-bond acceptors (Lipinski definition) is 6. The van der Waals surface area contributed by atoms with Crippen LogP contribution >= 0.6 is 11.8 Å². The molecule has 2 heterocycles. The maximum absolute atomic E-state index is 12.2. The highest BCUT2D eigenvalue weighted by atomic mass is 32.2. The van der Waals surface area contributed by atoms with Gasteiger partial charge in [-0.2, -0.15) is 0 Å². The van der Waals surface area contributed by atoms with E-state index in [1.807, 2.05) is 31.4 Å². The molecule has 2 rings (SSSR count). The monoisotopic (exact) mass is 363 g/mol. The Morgan fingerprint density at radius 2 is 2.20 bits per heavy atom. The normalized spacial score (nSPS) is 12.2. The van der Waals surface area contributed by atoms with Crippen LogP contribution in [0.5, 0.6) is 0 Å². The second-order valence-corrected chi connectivity index (χ2v) is 6.84. The van der Waals surface area contributed by atoms with Crippen molar-refractivity contribution in [2.75, 3.05) is 0 Å². The Labute approximate surface area is 149 Å². The van der Waals surface area contributed by atoms with E-state index in [0.717, 1.165) is 11.3 Å². The maximum atomic E-state index is 12.2. The first kappa shape index (κ1) is 18.8. The lowest BCUT2D eigenvalue weighted by Gasteiger charge is -2.18. The van der Waals surface area contributed by atoms with Gasteiger partial charge in [0.1, 0.15) is 5.76 Å². The number of imide groups is 1. The molecule has 0 saturated heterocycles. The zero-order chi connectivity index (χ0) is 18.6. The van der Waals surface area contributed by atoms with Crippen molar-refractivity contribution in [3.8, 4) is 11.4 Å². The SMILES string of the molecule is C=CCn1c(S[C@H](C(=O)NC(N)=O)C(C)C)nnc1-c1ccoc1C. The van der Waals surface area contributed by atoms with Crippen molar-refractivity contribution in [1.82, 2.24) is 20.1 Å². The van der Waals surface area contributed by atoms with Gasteiger partial charge < -0.3 is 10.2 Å². The van der Waals surface area contributed by atoms with Crippen LogP contribution in [0.4, 0.5) is 4.79 Å². The molecule has 25 heavy (non-hydrogen) atoms. The number of thioether (sulfide) groups is 1. The molecule has 8 nitrogen and oxygen atoms in total. The average molecular weight is 363 g/mol. The number of carbonyl (C=O) groups excluding carboxylic acids is 2. The fourth-order valence-corrected chi connectivity index (χ4v) is 3.33. The molecule has 0 radical (unpaired) electrons. The van der Waals surface area contributed by atoms with Crippen LogP contribution < -0.4 is 11.1 Å². The number of nitrogens with zero attached hydrogens (tertiary/aromatic N) is 3. The van der Waals surface area contributed by atoms with Gasteiger partial charge in [0.2, 0.25) is 5.91 Å². The number of aryl methyl sites for hydroxylation is 1. The Bertz CT molecular complexity index is 781. The highest BCUT2D eigenvalue weighted by molar-refractivity contribution is 8.00. The molecule has 2 aromatic heterocycles. The zero-order valence-corrected chi connectivity index (χ0v) is 15.2. The fourth-order valence-electron chi connectivity index (χ4n) is 2.28. The largest absolute Gasteiger partial charge is 0.469 e. The highest BCUT2D eigenvalue weighted by Gasteiger charge is 2.28. The lowest BCUT2D eigenvalue weighted by molar-refractivity contribution is -0.120. The first-order valence-corrected chi connectivity index (χ1v) is 8.58. The topological polar surface area (TPSA) is 116 Å². The molecule has 0 saturated carbocycles. The molecule has 0 aliphatic carbocycles. The summed E-state index contributed by atoms with van der Waals surface area (Å²) in [5, 5.41) is 10.6. The van der Waals surface area contributed by atoms with E-state index in [2.05, 4.69) is 22.1 Å². The summed E-state index contributed by atoms with van der Waals surface area (Å²) in [5.41, 5.74) is 5.87. The summed E-state index contributed by atoms with van der Waals surface area (Å²) in [6, 6.07) is 0.936. The summed E-state index contributed by atoms with van der Waals surface area (Å²) in [4.78, 5) is 23.2. The number of furan rings is 1. The number of carbonyl (C=O) groups is 2. The highest BCUT2D eigenvalue weighted by Crippen LogP contribution is 2.31. The molecule has 3 amide bonds. The van der Waals surface area contributed by atoms with E-state index in [-0.39, 0.29) is 5.92 Å². The molecule has 1 atom stereocenters. The molecule has 0 unspecified atom stereocenters. The van der Waals surface area contributed by atoms with Crippen LogP contribution in [-0.4, -0.2) is 32.0 Å². The van der Waals surface area contributed by atoms with Crippen molar-refractivity contribution in [3.05, 3.63) is 30.7 Å². The molecule has 3 N–H and O–H groups in total. The van der Waals surface area contributed by atoms with Crippen LogP contribution in [0.3, 0.4) is 0 Å². The third-order valence-corrected chi connectivity index (χ3v) is 5.00. The lowest BCUT2D eigenvalue weighted by atomic mass is 10.1. The van der Waals surface area contributed by atoms with E-state index in [1.54, 1.807) is 12.3 Å². The molecule has 0 aliphatic rings. The molecule has 0 fully saturated rings. The lowest BCUT2D eigenvalue weighted by Crippen LogP contribution is -2.42.